The quantitative estimate of drug-likeness (QED) is 0.349. The third-order valence-corrected chi connectivity index (χ3v) is 2.14. The van der Waals surface area contributed by atoms with Crippen LogP contribution >= 0.6 is 11.8 Å². The van der Waals surface area contributed by atoms with Crippen molar-refractivity contribution in [3.8, 4) is 11.8 Å². The van der Waals surface area contributed by atoms with Crippen molar-refractivity contribution in [3.05, 3.63) is 22.1 Å². The molecule has 0 amide bonds. The van der Waals surface area contributed by atoms with Crippen LogP contribution in [0.5, 0.6) is 0 Å². The molecule has 5 nitrogen and oxygen atoms in total. The maximum Gasteiger partial charge on any atom is 0.384 e. The monoisotopic (exact) mass is 238 g/mol. The van der Waals surface area contributed by atoms with Gasteiger partial charge in [0.05, 0.1) is 12.8 Å². The van der Waals surface area contributed by atoms with Crippen molar-refractivity contribution >= 4 is 17.7 Å². The first-order chi connectivity index (χ1) is 7.67. The predicted octanol–water partition coefficient (Wildman–Crippen LogP) is 0.406. The van der Waals surface area contributed by atoms with Gasteiger partial charge >= 0.3 is 5.97 Å². The topological polar surface area (TPSA) is 72.0 Å². The number of carbonyl (C=O) groups excluding carboxylic acids is 1. The van der Waals surface area contributed by atoms with Crippen LogP contribution in [0.4, 0.5) is 0 Å². The van der Waals surface area contributed by atoms with E-state index in [2.05, 4.69) is 26.5 Å². The van der Waals surface area contributed by atoms with Crippen LogP contribution in [-0.4, -0.2) is 28.8 Å². The summed E-state index contributed by atoms with van der Waals surface area (Å²) in [5, 5.41) is 0.506. The SMILES string of the molecule is CCOC(=O)C#Cc1cnc(SC)[nH]c1=O. The van der Waals surface area contributed by atoms with E-state index in [4.69, 9.17) is 0 Å². The largest absolute Gasteiger partial charge is 0.456 e. The number of esters is 1. The number of aromatic amines is 1. The van der Waals surface area contributed by atoms with Crippen molar-refractivity contribution in [2.24, 2.45) is 0 Å². The summed E-state index contributed by atoms with van der Waals surface area (Å²) in [5.41, 5.74) is -0.220. The van der Waals surface area contributed by atoms with Crippen molar-refractivity contribution in [3.63, 3.8) is 0 Å². The Bertz CT molecular complexity index is 499. The summed E-state index contributed by atoms with van der Waals surface area (Å²) >= 11 is 1.32. The van der Waals surface area contributed by atoms with E-state index in [1.54, 1.807) is 13.2 Å². The second-order valence-corrected chi connectivity index (χ2v) is 3.40. The second-order valence-electron chi connectivity index (χ2n) is 2.61. The van der Waals surface area contributed by atoms with Crippen LogP contribution in [-0.2, 0) is 9.53 Å². The minimum atomic E-state index is -0.657. The van der Waals surface area contributed by atoms with Gasteiger partial charge in [-0.05, 0) is 19.1 Å². The van der Waals surface area contributed by atoms with Gasteiger partial charge in [-0.15, -0.1) is 0 Å². The van der Waals surface area contributed by atoms with Gasteiger partial charge in [-0.2, -0.15) is 0 Å². The van der Waals surface area contributed by atoms with Crippen molar-refractivity contribution in [2.75, 3.05) is 12.9 Å². The third kappa shape index (κ3) is 3.44. The average molecular weight is 238 g/mol. The lowest BCUT2D eigenvalue weighted by Crippen LogP contribution is -2.12. The summed E-state index contributed by atoms with van der Waals surface area (Å²) in [4.78, 5) is 28.8. The van der Waals surface area contributed by atoms with E-state index < -0.39 is 5.97 Å². The molecule has 0 aliphatic heterocycles. The van der Waals surface area contributed by atoms with E-state index in [-0.39, 0.29) is 17.7 Å². The van der Waals surface area contributed by atoms with Crippen LogP contribution < -0.4 is 5.56 Å². The molecule has 0 radical (unpaired) electrons. The highest BCUT2D eigenvalue weighted by molar-refractivity contribution is 7.98. The van der Waals surface area contributed by atoms with E-state index >= 15 is 0 Å². The highest BCUT2D eigenvalue weighted by Crippen LogP contribution is 2.03. The second kappa shape index (κ2) is 5.98. The molecule has 1 heterocycles. The number of H-pyrrole nitrogens is 1. The maximum absolute atomic E-state index is 11.4. The smallest absolute Gasteiger partial charge is 0.384 e. The van der Waals surface area contributed by atoms with Crippen LogP contribution in [0.1, 0.15) is 12.5 Å². The third-order valence-electron chi connectivity index (χ3n) is 1.54. The van der Waals surface area contributed by atoms with Gasteiger partial charge in [0.25, 0.3) is 5.56 Å². The summed E-state index contributed by atoms with van der Waals surface area (Å²) < 4.78 is 4.60. The molecule has 16 heavy (non-hydrogen) atoms. The zero-order chi connectivity index (χ0) is 12.0. The Hall–Kier alpha value is -1.74. The lowest BCUT2D eigenvalue weighted by Gasteiger charge is -1.94. The number of hydrogen-bond donors (Lipinski definition) is 1. The molecule has 0 unspecified atom stereocenters. The highest BCUT2D eigenvalue weighted by atomic mass is 32.2. The van der Waals surface area contributed by atoms with Crippen LogP contribution in [0.2, 0.25) is 0 Å². The molecule has 0 atom stereocenters. The number of thioether (sulfide) groups is 1. The number of nitrogens with one attached hydrogen (secondary N) is 1. The first-order valence-corrected chi connectivity index (χ1v) is 5.72. The lowest BCUT2D eigenvalue weighted by atomic mass is 10.3. The Morgan fingerprint density at radius 2 is 2.44 bits per heavy atom. The molecule has 0 aliphatic carbocycles. The molecular weight excluding hydrogens is 228 g/mol. The van der Waals surface area contributed by atoms with Crippen molar-refractivity contribution in [1.29, 1.82) is 0 Å². The summed E-state index contributed by atoms with van der Waals surface area (Å²) in [6.45, 7) is 1.94. The van der Waals surface area contributed by atoms with Gasteiger partial charge < -0.3 is 9.72 Å². The minimum absolute atomic E-state index is 0.144. The van der Waals surface area contributed by atoms with E-state index in [0.29, 0.717) is 5.16 Å². The molecule has 6 heteroatoms. The molecule has 0 fully saturated rings. The lowest BCUT2D eigenvalue weighted by molar-refractivity contribution is -0.136. The zero-order valence-corrected chi connectivity index (χ0v) is 9.68. The predicted molar refractivity (Wildman–Crippen MR) is 60.1 cm³/mol. The molecule has 1 N–H and O–H groups in total. The van der Waals surface area contributed by atoms with Crippen LogP contribution in [0.25, 0.3) is 0 Å². The Morgan fingerprint density at radius 1 is 1.69 bits per heavy atom. The standard InChI is InChI=1S/C10H10N2O3S/c1-3-15-8(13)5-4-7-6-11-10(16-2)12-9(7)14/h6H,3H2,1-2H3,(H,11,12,14). The number of rotatable bonds is 2. The van der Waals surface area contributed by atoms with Crippen LogP contribution in [0, 0.1) is 11.8 Å². The molecular formula is C10H10N2O3S. The summed E-state index contributed by atoms with van der Waals surface area (Å²) in [7, 11) is 0. The Kier molecular flexibility index (Phi) is 4.61. The Labute approximate surface area is 96.6 Å². The molecule has 0 saturated heterocycles. The van der Waals surface area contributed by atoms with Crippen molar-refractivity contribution in [1.82, 2.24) is 9.97 Å². The van der Waals surface area contributed by atoms with E-state index in [0.717, 1.165) is 0 Å². The van der Waals surface area contributed by atoms with E-state index in [9.17, 15) is 9.59 Å². The van der Waals surface area contributed by atoms with Gasteiger partial charge in [-0.1, -0.05) is 11.8 Å². The first kappa shape index (κ1) is 12.3. The van der Waals surface area contributed by atoms with Crippen molar-refractivity contribution in [2.45, 2.75) is 12.1 Å². The molecule has 0 spiro atoms. The van der Waals surface area contributed by atoms with Gasteiger partial charge in [0.15, 0.2) is 5.16 Å². The first-order valence-electron chi connectivity index (χ1n) is 4.49. The summed E-state index contributed by atoms with van der Waals surface area (Å²) in [6, 6.07) is 0. The highest BCUT2D eigenvalue weighted by Gasteiger charge is 1.99. The number of carbonyl (C=O) groups is 1. The van der Waals surface area contributed by atoms with Gasteiger partial charge in [0, 0.05) is 5.92 Å². The van der Waals surface area contributed by atoms with Gasteiger partial charge in [-0.3, -0.25) is 4.79 Å². The van der Waals surface area contributed by atoms with Gasteiger partial charge in [-0.25, -0.2) is 9.78 Å². The summed E-state index contributed by atoms with van der Waals surface area (Å²) in [5.74, 6) is 3.95. The Balaban J connectivity index is 2.90. The van der Waals surface area contributed by atoms with E-state index in [1.807, 2.05) is 0 Å². The zero-order valence-electron chi connectivity index (χ0n) is 8.86. The van der Waals surface area contributed by atoms with Crippen LogP contribution in [0.15, 0.2) is 16.1 Å². The molecule has 0 aliphatic rings. The van der Waals surface area contributed by atoms with E-state index in [1.165, 1.54) is 18.0 Å². The van der Waals surface area contributed by atoms with Gasteiger partial charge in [0.1, 0.15) is 5.56 Å². The number of nitrogens with zero attached hydrogens (tertiary/aromatic N) is 1. The van der Waals surface area contributed by atoms with Gasteiger partial charge in [0.2, 0.25) is 0 Å². The van der Waals surface area contributed by atoms with Crippen molar-refractivity contribution < 1.29 is 9.53 Å². The molecule has 1 aromatic heterocycles. The molecule has 0 aromatic carbocycles. The number of ether oxygens (including phenoxy) is 1. The fourth-order valence-electron chi connectivity index (χ4n) is 0.857. The fraction of sp³-hybridized carbons (Fsp3) is 0.300. The van der Waals surface area contributed by atoms with Crippen LogP contribution in [0.3, 0.4) is 0 Å². The molecule has 0 bridgehead atoms. The normalized spacial score (nSPS) is 9.12. The summed E-state index contributed by atoms with van der Waals surface area (Å²) in [6.07, 6.45) is 3.12. The fourth-order valence-corrected chi connectivity index (χ4v) is 1.21. The Morgan fingerprint density at radius 3 is 3.00 bits per heavy atom. The maximum atomic E-state index is 11.4. The molecule has 1 rings (SSSR count). The molecule has 0 saturated carbocycles. The number of hydrogen-bond acceptors (Lipinski definition) is 5. The average Bonchev–Trinajstić information content (AvgIpc) is 2.27. The minimum Gasteiger partial charge on any atom is -0.456 e. The molecule has 84 valence electrons. The number of aromatic nitrogens is 2. The molecule has 1 aromatic rings.